The van der Waals surface area contributed by atoms with Gasteiger partial charge < -0.3 is 0 Å². The molecule has 1 amide bonds. The van der Waals surface area contributed by atoms with Crippen molar-refractivity contribution in [3.63, 3.8) is 0 Å². The first kappa shape index (κ1) is 37.1. The maximum absolute atomic E-state index is 13.6. The number of amides is 1. The zero-order chi connectivity index (χ0) is 33.0. The van der Waals surface area contributed by atoms with Crippen molar-refractivity contribution in [3.8, 4) is 0 Å². The van der Waals surface area contributed by atoms with Crippen molar-refractivity contribution >= 4 is 62.5 Å². The van der Waals surface area contributed by atoms with E-state index in [1.807, 2.05) is 0 Å². The number of alkyl carbamates (subject to hydrolysis) is 1. The molecule has 0 spiro atoms. The summed E-state index contributed by atoms with van der Waals surface area (Å²) in [5, 5.41) is 2.88. The number of nitrogens with zero attached hydrogens (tertiary/aromatic N) is 1. The molecule has 1 N–H and O–H groups in total. The summed E-state index contributed by atoms with van der Waals surface area (Å²) in [6, 6.07) is 3.52. The molecule has 0 aliphatic rings. The fraction of sp³-hybridized carbons (Fsp3) is 0.586. The van der Waals surface area contributed by atoms with Crippen LogP contribution in [0.1, 0.15) is 79.4 Å². The van der Waals surface area contributed by atoms with E-state index in [9.17, 15) is 27.6 Å². The van der Waals surface area contributed by atoms with E-state index >= 15 is 0 Å². The zero-order valence-corrected chi connectivity index (χ0v) is 30.0. The number of alkyl halides is 3. The number of carbonyl (C=O) groups excluding carboxylic acids is 3. The van der Waals surface area contributed by atoms with Crippen LogP contribution in [0.15, 0.2) is 34.2 Å². The predicted molar refractivity (Wildman–Crippen MR) is 164 cm³/mol. The molecule has 240 valence electrons. The van der Waals surface area contributed by atoms with E-state index in [1.165, 1.54) is 23.5 Å². The van der Waals surface area contributed by atoms with Gasteiger partial charge in [0.25, 0.3) is 0 Å². The van der Waals surface area contributed by atoms with Crippen LogP contribution >= 0.6 is 27.3 Å². The molecule has 3 atom stereocenters. The molecule has 14 heteroatoms. The van der Waals surface area contributed by atoms with Gasteiger partial charge in [-0.2, -0.15) is 0 Å². The van der Waals surface area contributed by atoms with Gasteiger partial charge in [-0.25, -0.2) is 0 Å². The van der Waals surface area contributed by atoms with Gasteiger partial charge in [-0.05, 0) is 0 Å². The number of ether oxygens (including phenoxy) is 3. The van der Waals surface area contributed by atoms with Crippen LogP contribution in [0.4, 0.5) is 22.8 Å². The van der Waals surface area contributed by atoms with Crippen molar-refractivity contribution in [2.75, 3.05) is 6.61 Å². The van der Waals surface area contributed by atoms with Crippen molar-refractivity contribution in [2.24, 2.45) is 5.41 Å². The van der Waals surface area contributed by atoms with Crippen molar-refractivity contribution in [1.82, 2.24) is 10.3 Å². The van der Waals surface area contributed by atoms with Crippen LogP contribution in [0.2, 0.25) is 5.21 Å². The number of aromatic nitrogens is 1. The first-order chi connectivity index (χ1) is 19.5. The molecule has 0 radical (unpaired) electrons. The third kappa shape index (κ3) is 12.4. The number of rotatable bonds is 9. The standard InChI is InChI=1S/C29H39AsBrF3N2O6S/c1-26(2,3)22(37)40-16-19(17-10-12-18(13-11-17)29(32,33)34)20(36-25(39)42-28(7,8)9)14-30(23-35-15-21(31)43-23)24(38)41-27(4,5)6/h10-13,15,19-20H,14,16H2,1-9H3,(H,36,39)/t19-,20+,30?/m0/s1. The molecule has 43 heavy (non-hydrogen) atoms. The van der Waals surface area contributed by atoms with Crippen LogP contribution < -0.4 is 9.11 Å². The van der Waals surface area contributed by atoms with Crippen LogP contribution in [0, 0.1) is 5.41 Å². The molecule has 0 saturated heterocycles. The second-order valence-electron chi connectivity index (χ2n) is 12.9. The van der Waals surface area contributed by atoms with Crippen LogP contribution in [0.25, 0.3) is 0 Å². The van der Waals surface area contributed by atoms with Gasteiger partial charge in [0.15, 0.2) is 0 Å². The molecule has 0 bridgehead atoms. The summed E-state index contributed by atoms with van der Waals surface area (Å²) in [7, 11) is 0. The molecule has 1 heterocycles. The Bertz CT molecular complexity index is 1270. The number of benzene rings is 1. The first-order valence-corrected chi connectivity index (χ1v) is 18.2. The number of carbonyl (C=O) groups is 3. The van der Waals surface area contributed by atoms with E-state index in [2.05, 4.69) is 26.2 Å². The fourth-order valence-electron chi connectivity index (χ4n) is 3.59. The minimum atomic E-state index is -4.56. The Morgan fingerprint density at radius 1 is 0.953 bits per heavy atom. The number of halogens is 4. The average molecular weight is 756 g/mol. The van der Waals surface area contributed by atoms with Crippen LogP contribution in [0.3, 0.4) is 0 Å². The molecule has 0 aliphatic heterocycles. The Labute approximate surface area is 267 Å². The monoisotopic (exact) mass is 754 g/mol. The Morgan fingerprint density at radius 3 is 1.95 bits per heavy atom. The van der Waals surface area contributed by atoms with Gasteiger partial charge >= 0.3 is 269 Å². The van der Waals surface area contributed by atoms with Gasteiger partial charge in [0.1, 0.15) is 0 Å². The van der Waals surface area contributed by atoms with E-state index in [4.69, 9.17) is 14.2 Å². The van der Waals surface area contributed by atoms with E-state index in [0.717, 1.165) is 12.1 Å². The number of hydrogen-bond donors (Lipinski definition) is 1. The summed E-state index contributed by atoms with van der Waals surface area (Å²) in [6.45, 7) is 15.0. The van der Waals surface area contributed by atoms with Gasteiger partial charge in [-0.1, -0.05) is 0 Å². The molecule has 0 aliphatic carbocycles. The van der Waals surface area contributed by atoms with Gasteiger partial charge in [-0.3, -0.25) is 0 Å². The van der Waals surface area contributed by atoms with Crippen molar-refractivity contribution in [1.29, 1.82) is 0 Å². The predicted octanol–water partition coefficient (Wildman–Crippen LogP) is 7.41. The summed E-state index contributed by atoms with van der Waals surface area (Å²) in [6.07, 6.45) is -3.79. The van der Waals surface area contributed by atoms with Crippen LogP contribution in [-0.4, -0.2) is 60.3 Å². The SMILES string of the molecule is CC(C)(C)OC(=O)N[C@H](C[As](C(=O)OC(C)(C)C)c1ncc(Br)s1)[C@@H](COC(=O)C(C)(C)C)c1ccc(C(F)(F)F)cc1. The minimum absolute atomic E-state index is 0.0554. The van der Waals surface area contributed by atoms with E-state index in [1.54, 1.807) is 68.5 Å². The summed E-state index contributed by atoms with van der Waals surface area (Å²) >= 11 is 1.76. The zero-order valence-electron chi connectivity index (χ0n) is 25.7. The Hall–Kier alpha value is -2.11. The topological polar surface area (TPSA) is 104 Å². The number of nitrogens with one attached hydrogen (secondary N) is 1. The third-order valence-corrected chi connectivity index (χ3v) is 12.5. The van der Waals surface area contributed by atoms with Crippen LogP contribution in [-0.2, 0) is 25.2 Å². The van der Waals surface area contributed by atoms with Gasteiger partial charge in [0.2, 0.25) is 0 Å². The average Bonchev–Trinajstić information content (AvgIpc) is 3.24. The second kappa shape index (κ2) is 14.3. The first-order valence-electron chi connectivity index (χ1n) is 13.4. The summed E-state index contributed by atoms with van der Waals surface area (Å²) in [5.74, 6) is -1.38. The van der Waals surface area contributed by atoms with Crippen molar-refractivity contribution in [2.45, 2.75) is 96.9 Å². The maximum atomic E-state index is 13.6. The summed E-state index contributed by atoms with van der Waals surface area (Å²) < 4.78 is 57.8. The van der Waals surface area contributed by atoms with E-state index < -0.39 is 71.8 Å². The quantitative estimate of drug-likeness (QED) is 0.162. The third-order valence-electron chi connectivity index (χ3n) is 5.55. The molecular weight excluding hydrogens is 716 g/mol. The molecule has 8 nitrogen and oxygen atoms in total. The molecule has 1 unspecified atom stereocenters. The number of hydrogen-bond acceptors (Lipinski definition) is 8. The van der Waals surface area contributed by atoms with Gasteiger partial charge in [0.05, 0.1) is 0 Å². The Morgan fingerprint density at radius 2 is 1.51 bits per heavy atom. The van der Waals surface area contributed by atoms with Crippen LogP contribution in [0.5, 0.6) is 0 Å². The summed E-state index contributed by atoms with van der Waals surface area (Å²) in [5.41, 5.74) is -3.01. The molecule has 1 aromatic heterocycles. The van der Waals surface area contributed by atoms with E-state index in [-0.39, 0.29) is 11.8 Å². The summed E-state index contributed by atoms with van der Waals surface area (Å²) in [4.78, 5) is 43.9. The van der Waals surface area contributed by atoms with E-state index in [0.29, 0.717) is 13.1 Å². The molecular formula is C29H39AsBrF3N2O6S. The molecule has 0 fully saturated rings. The number of esters is 1. The van der Waals surface area contributed by atoms with Crippen molar-refractivity contribution < 1.29 is 41.8 Å². The Balaban J connectivity index is 2.65. The number of thiazole rings is 1. The van der Waals surface area contributed by atoms with Crippen molar-refractivity contribution in [3.05, 3.63) is 45.4 Å². The molecule has 1 aromatic carbocycles. The second-order valence-corrected chi connectivity index (χ2v) is 20.2. The molecule has 2 aromatic rings. The van der Waals surface area contributed by atoms with Gasteiger partial charge in [0, 0.05) is 0 Å². The molecule has 0 saturated carbocycles. The normalized spacial score (nSPS) is 14.8. The van der Waals surface area contributed by atoms with Gasteiger partial charge in [-0.15, -0.1) is 0 Å². The molecule has 2 rings (SSSR count). The fourth-order valence-corrected chi connectivity index (χ4v) is 11.3. The Kier molecular flexibility index (Phi) is 12.4.